The minimum atomic E-state index is -0.512. The Morgan fingerprint density at radius 3 is 2.67 bits per heavy atom. The van der Waals surface area contributed by atoms with Crippen molar-refractivity contribution in [3.8, 4) is 0 Å². The zero-order valence-corrected chi connectivity index (χ0v) is 10.4. The summed E-state index contributed by atoms with van der Waals surface area (Å²) in [6.07, 6.45) is 1.48. The molecular formula is C14H17F2NO. The summed E-state index contributed by atoms with van der Waals surface area (Å²) in [5.41, 5.74) is -0.260. The van der Waals surface area contributed by atoms with Crippen LogP contribution in [0.4, 0.5) is 8.78 Å². The van der Waals surface area contributed by atoms with Gasteiger partial charge in [-0.3, -0.25) is 4.79 Å². The molecule has 0 spiro atoms. The van der Waals surface area contributed by atoms with Gasteiger partial charge < -0.3 is 5.32 Å². The van der Waals surface area contributed by atoms with E-state index in [1.807, 2.05) is 6.92 Å². The highest BCUT2D eigenvalue weighted by Crippen LogP contribution is 2.30. The molecular weight excluding hydrogens is 236 g/mol. The molecule has 0 radical (unpaired) electrons. The normalized spacial score (nSPS) is 18.6. The van der Waals surface area contributed by atoms with Crippen LogP contribution in [0.2, 0.25) is 0 Å². The molecule has 0 aromatic heterocycles. The zero-order valence-electron chi connectivity index (χ0n) is 10.4. The maximum absolute atomic E-state index is 13.5. The first-order chi connectivity index (χ1) is 8.51. The molecule has 1 aromatic rings. The average molecular weight is 253 g/mol. The summed E-state index contributed by atoms with van der Waals surface area (Å²) >= 11 is 0. The van der Waals surface area contributed by atoms with Gasteiger partial charge in [0.1, 0.15) is 17.4 Å². The highest BCUT2D eigenvalue weighted by Gasteiger charge is 2.34. The fourth-order valence-corrected chi connectivity index (χ4v) is 2.32. The fraction of sp³-hybridized carbons (Fsp3) is 0.500. The molecule has 18 heavy (non-hydrogen) atoms. The number of carbonyl (C=O) groups excluding carboxylic acids is 1. The Kier molecular flexibility index (Phi) is 3.76. The van der Waals surface area contributed by atoms with Gasteiger partial charge in [0.05, 0.1) is 0 Å². The second-order valence-electron chi connectivity index (χ2n) is 5.15. The van der Waals surface area contributed by atoms with Crippen molar-refractivity contribution in [1.82, 2.24) is 5.32 Å². The number of hydrogen-bond acceptors (Lipinski definition) is 2. The van der Waals surface area contributed by atoms with Gasteiger partial charge in [-0.15, -0.1) is 0 Å². The molecule has 2 nitrogen and oxygen atoms in total. The van der Waals surface area contributed by atoms with Crippen molar-refractivity contribution >= 4 is 5.78 Å². The largest absolute Gasteiger partial charge is 0.317 e. The van der Waals surface area contributed by atoms with Crippen LogP contribution in [-0.4, -0.2) is 18.9 Å². The van der Waals surface area contributed by atoms with Crippen LogP contribution in [0, 0.1) is 17.0 Å². The Morgan fingerprint density at radius 2 is 2.00 bits per heavy atom. The van der Waals surface area contributed by atoms with Crippen LogP contribution < -0.4 is 5.32 Å². The summed E-state index contributed by atoms with van der Waals surface area (Å²) in [5, 5.41) is 3.19. The Bertz CT molecular complexity index is 453. The highest BCUT2D eigenvalue weighted by molar-refractivity contribution is 5.86. The van der Waals surface area contributed by atoms with Crippen molar-refractivity contribution in [1.29, 1.82) is 0 Å². The molecule has 0 bridgehead atoms. The summed E-state index contributed by atoms with van der Waals surface area (Å²) in [5.74, 6) is -1.02. The average Bonchev–Trinajstić information content (AvgIpc) is 2.35. The SMILES string of the molecule is CC1(C(=O)Cc2cc(F)ccc2F)CCNCC1. The smallest absolute Gasteiger partial charge is 0.143 e. The van der Waals surface area contributed by atoms with Crippen LogP contribution in [0.3, 0.4) is 0 Å². The number of carbonyl (C=O) groups is 1. The lowest BCUT2D eigenvalue weighted by Crippen LogP contribution is -2.40. The van der Waals surface area contributed by atoms with Crippen LogP contribution in [0.25, 0.3) is 0 Å². The van der Waals surface area contributed by atoms with Gasteiger partial charge in [-0.1, -0.05) is 6.92 Å². The monoisotopic (exact) mass is 253 g/mol. The molecule has 1 saturated heterocycles. The quantitative estimate of drug-likeness (QED) is 0.896. The molecule has 1 aliphatic heterocycles. The van der Waals surface area contributed by atoms with Gasteiger partial charge in [0.2, 0.25) is 0 Å². The van der Waals surface area contributed by atoms with Crippen LogP contribution in [0.5, 0.6) is 0 Å². The lowest BCUT2D eigenvalue weighted by atomic mass is 9.75. The van der Waals surface area contributed by atoms with Gasteiger partial charge in [0.15, 0.2) is 0 Å². The van der Waals surface area contributed by atoms with Gasteiger partial charge in [-0.25, -0.2) is 8.78 Å². The van der Waals surface area contributed by atoms with Crippen molar-refractivity contribution in [2.45, 2.75) is 26.2 Å². The third-order valence-corrected chi connectivity index (χ3v) is 3.74. The number of nitrogens with one attached hydrogen (secondary N) is 1. The van der Waals surface area contributed by atoms with E-state index in [0.717, 1.165) is 44.1 Å². The molecule has 98 valence electrons. The molecule has 1 aliphatic rings. The van der Waals surface area contributed by atoms with E-state index >= 15 is 0 Å². The van der Waals surface area contributed by atoms with E-state index in [4.69, 9.17) is 0 Å². The summed E-state index contributed by atoms with van der Waals surface area (Å²) in [6, 6.07) is 3.25. The Labute approximate surface area is 105 Å². The standard InChI is InChI=1S/C14H17F2NO/c1-14(4-6-17-7-5-14)13(18)9-10-8-11(15)2-3-12(10)16/h2-3,8,17H,4-7,9H2,1H3. The van der Waals surface area contributed by atoms with Gasteiger partial charge >= 0.3 is 0 Å². The Hall–Kier alpha value is -1.29. The first-order valence-electron chi connectivity index (χ1n) is 6.19. The van der Waals surface area contributed by atoms with Gasteiger partial charge in [0, 0.05) is 11.8 Å². The maximum atomic E-state index is 13.5. The summed E-state index contributed by atoms with van der Waals surface area (Å²) in [4.78, 5) is 12.2. The minimum absolute atomic E-state index is 0.00602. The first-order valence-corrected chi connectivity index (χ1v) is 6.19. The molecule has 1 aromatic carbocycles. The minimum Gasteiger partial charge on any atom is -0.317 e. The van der Waals surface area contributed by atoms with Gasteiger partial charge in [-0.2, -0.15) is 0 Å². The molecule has 2 rings (SSSR count). The van der Waals surface area contributed by atoms with Crippen molar-refractivity contribution in [2.75, 3.05) is 13.1 Å². The van der Waals surface area contributed by atoms with Crippen LogP contribution in [0.1, 0.15) is 25.3 Å². The highest BCUT2D eigenvalue weighted by atomic mass is 19.1. The second kappa shape index (κ2) is 5.14. The molecule has 4 heteroatoms. The third-order valence-electron chi connectivity index (χ3n) is 3.74. The molecule has 0 amide bonds. The topological polar surface area (TPSA) is 29.1 Å². The second-order valence-corrected chi connectivity index (χ2v) is 5.15. The van der Waals surface area contributed by atoms with Crippen molar-refractivity contribution in [3.05, 3.63) is 35.4 Å². The predicted molar refractivity (Wildman–Crippen MR) is 65.3 cm³/mol. The number of halogens is 2. The first kappa shape index (κ1) is 13.1. The van der Waals surface area contributed by atoms with Crippen LogP contribution >= 0.6 is 0 Å². The van der Waals surface area contributed by atoms with E-state index in [0.29, 0.717) is 0 Å². The lowest BCUT2D eigenvalue weighted by Gasteiger charge is -2.32. The van der Waals surface area contributed by atoms with Crippen LogP contribution in [0.15, 0.2) is 18.2 Å². The molecule has 1 fully saturated rings. The third kappa shape index (κ3) is 2.75. The van der Waals surface area contributed by atoms with E-state index in [9.17, 15) is 13.6 Å². The van der Waals surface area contributed by atoms with Crippen molar-refractivity contribution in [2.24, 2.45) is 5.41 Å². The van der Waals surface area contributed by atoms with Gasteiger partial charge in [0.25, 0.3) is 0 Å². The molecule has 0 unspecified atom stereocenters. The van der Waals surface area contributed by atoms with E-state index in [1.54, 1.807) is 0 Å². The Morgan fingerprint density at radius 1 is 1.33 bits per heavy atom. The maximum Gasteiger partial charge on any atom is 0.143 e. The lowest BCUT2D eigenvalue weighted by molar-refractivity contribution is -0.128. The van der Waals surface area contributed by atoms with Crippen molar-refractivity contribution < 1.29 is 13.6 Å². The fourth-order valence-electron chi connectivity index (χ4n) is 2.32. The summed E-state index contributed by atoms with van der Waals surface area (Å²) in [7, 11) is 0. The number of Topliss-reactive ketones (excluding diaryl/α,β-unsaturated/α-hetero) is 1. The molecule has 0 atom stereocenters. The van der Waals surface area contributed by atoms with Crippen LogP contribution in [-0.2, 0) is 11.2 Å². The molecule has 0 aliphatic carbocycles. The zero-order chi connectivity index (χ0) is 13.2. The molecule has 0 saturated carbocycles. The summed E-state index contributed by atoms with van der Waals surface area (Å²) < 4.78 is 26.5. The number of hydrogen-bond donors (Lipinski definition) is 1. The number of rotatable bonds is 3. The van der Waals surface area contributed by atoms with Gasteiger partial charge in [-0.05, 0) is 49.7 Å². The van der Waals surface area contributed by atoms with E-state index < -0.39 is 17.0 Å². The number of ketones is 1. The molecule has 1 N–H and O–H groups in total. The van der Waals surface area contributed by atoms with Crippen molar-refractivity contribution in [3.63, 3.8) is 0 Å². The van der Waals surface area contributed by atoms with E-state index in [-0.39, 0.29) is 17.8 Å². The van der Waals surface area contributed by atoms with E-state index in [2.05, 4.69) is 5.32 Å². The predicted octanol–water partition coefficient (Wildman–Crippen LogP) is 2.47. The number of piperidine rings is 1. The Balaban J connectivity index is 2.13. The van der Waals surface area contributed by atoms with E-state index in [1.165, 1.54) is 0 Å². The summed E-state index contributed by atoms with van der Waals surface area (Å²) in [6.45, 7) is 3.51. The number of benzene rings is 1. The molecule has 1 heterocycles.